The monoisotopic (exact) mass is 465 g/mol. The van der Waals surface area contributed by atoms with Crippen LogP contribution in [0, 0.1) is 5.92 Å². The molecule has 1 aromatic carbocycles. The third-order valence-electron chi connectivity index (χ3n) is 4.80. The molecule has 0 aliphatic heterocycles. The number of nitrogens with two attached hydrogens (primary N) is 2. The summed E-state index contributed by atoms with van der Waals surface area (Å²) >= 11 is 0. The average Bonchev–Trinajstić information content (AvgIpc) is 2.72. The number of carbonyl (C=O) groups is 5. The number of phenols is 1. The molecular weight excluding hydrogens is 434 g/mol. The molecule has 182 valence electrons. The Balaban J connectivity index is 2.87. The number of phenolic OH excluding ortho intramolecular Hbond substituents is 1. The predicted octanol–water partition coefficient (Wildman–Crippen LogP) is -1.65. The van der Waals surface area contributed by atoms with Crippen LogP contribution in [0.1, 0.15) is 32.8 Å². The Morgan fingerprint density at radius 2 is 1.42 bits per heavy atom. The predicted molar refractivity (Wildman–Crippen MR) is 118 cm³/mol. The Morgan fingerprint density at radius 3 is 1.91 bits per heavy atom. The van der Waals surface area contributed by atoms with Gasteiger partial charge in [-0.2, -0.15) is 0 Å². The van der Waals surface area contributed by atoms with E-state index in [1.54, 1.807) is 13.8 Å². The molecule has 0 saturated carbocycles. The lowest BCUT2D eigenvalue weighted by molar-refractivity contribution is -0.142. The smallest absolute Gasteiger partial charge is 0.326 e. The Kier molecular flexibility index (Phi) is 10.3. The normalized spacial score (nSPS) is 14.5. The maximum atomic E-state index is 12.7. The molecule has 0 bridgehead atoms. The fraction of sp³-hybridized carbons (Fsp3) is 0.476. The number of primary amides is 1. The second-order valence-corrected chi connectivity index (χ2v) is 8.00. The van der Waals surface area contributed by atoms with E-state index in [1.165, 1.54) is 31.2 Å². The van der Waals surface area contributed by atoms with Gasteiger partial charge in [0.05, 0.1) is 12.5 Å². The number of carbonyl (C=O) groups excluding carboxylic acids is 4. The number of hydrogen-bond donors (Lipinski definition) is 7. The van der Waals surface area contributed by atoms with E-state index in [0.717, 1.165) is 0 Å². The van der Waals surface area contributed by atoms with Crippen molar-refractivity contribution < 1.29 is 34.2 Å². The summed E-state index contributed by atoms with van der Waals surface area (Å²) in [5.74, 6) is -4.71. The first-order valence-corrected chi connectivity index (χ1v) is 10.3. The van der Waals surface area contributed by atoms with Crippen LogP contribution in [0.3, 0.4) is 0 Å². The van der Waals surface area contributed by atoms with Crippen molar-refractivity contribution in [1.82, 2.24) is 16.0 Å². The molecule has 4 atom stereocenters. The van der Waals surface area contributed by atoms with Gasteiger partial charge in [-0.15, -0.1) is 0 Å². The highest BCUT2D eigenvalue weighted by molar-refractivity contribution is 5.96. The number of hydrogen-bond acceptors (Lipinski definition) is 7. The van der Waals surface area contributed by atoms with E-state index >= 15 is 0 Å². The summed E-state index contributed by atoms with van der Waals surface area (Å²) in [7, 11) is 0. The van der Waals surface area contributed by atoms with Gasteiger partial charge in [-0.1, -0.05) is 26.0 Å². The van der Waals surface area contributed by atoms with Gasteiger partial charge in [-0.05, 0) is 30.5 Å². The van der Waals surface area contributed by atoms with Gasteiger partial charge >= 0.3 is 5.97 Å². The maximum Gasteiger partial charge on any atom is 0.326 e. The third-order valence-corrected chi connectivity index (χ3v) is 4.80. The maximum absolute atomic E-state index is 12.7. The van der Waals surface area contributed by atoms with Crippen molar-refractivity contribution in [2.75, 3.05) is 0 Å². The summed E-state index contributed by atoms with van der Waals surface area (Å²) in [6.45, 7) is 4.84. The van der Waals surface area contributed by atoms with Gasteiger partial charge in [-0.3, -0.25) is 19.2 Å². The molecule has 0 radical (unpaired) electrons. The van der Waals surface area contributed by atoms with Crippen molar-refractivity contribution >= 4 is 29.6 Å². The molecular formula is C21H31N5O7. The number of benzene rings is 1. The van der Waals surface area contributed by atoms with Crippen molar-refractivity contribution in [2.24, 2.45) is 17.4 Å². The summed E-state index contributed by atoms with van der Waals surface area (Å²) in [6.07, 6.45) is -0.701. The number of aromatic hydroxyl groups is 1. The van der Waals surface area contributed by atoms with E-state index in [0.29, 0.717) is 5.56 Å². The second-order valence-electron chi connectivity index (χ2n) is 8.00. The van der Waals surface area contributed by atoms with Crippen LogP contribution in [-0.2, 0) is 30.4 Å². The first-order valence-electron chi connectivity index (χ1n) is 10.3. The van der Waals surface area contributed by atoms with Crippen LogP contribution in [0.25, 0.3) is 0 Å². The first-order chi connectivity index (χ1) is 15.3. The number of amides is 4. The number of carboxylic acid groups (broad SMARTS) is 1. The summed E-state index contributed by atoms with van der Waals surface area (Å²) < 4.78 is 0. The van der Waals surface area contributed by atoms with Crippen LogP contribution in [0.15, 0.2) is 24.3 Å². The molecule has 4 amide bonds. The Morgan fingerprint density at radius 1 is 0.879 bits per heavy atom. The first kappa shape index (κ1) is 27.4. The molecule has 0 aromatic heterocycles. The lowest BCUT2D eigenvalue weighted by Crippen LogP contribution is -2.57. The lowest BCUT2D eigenvalue weighted by atomic mass is 10.0. The minimum Gasteiger partial charge on any atom is -0.508 e. The molecule has 0 heterocycles. The molecule has 12 heteroatoms. The second kappa shape index (κ2) is 12.4. The number of carboxylic acids is 1. The zero-order chi connectivity index (χ0) is 25.3. The molecule has 0 spiro atoms. The highest BCUT2D eigenvalue weighted by Gasteiger charge is 2.30. The molecule has 0 aliphatic rings. The molecule has 1 aromatic rings. The highest BCUT2D eigenvalue weighted by atomic mass is 16.4. The molecule has 0 saturated heterocycles. The van der Waals surface area contributed by atoms with Gasteiger partial charge in [0, 0.05) is 6.42 Å². The molecule has 12 nitrogen and oxygen atoms in total. The third kappa shape index (κ3) is 9.15. The molecule has 9 N–H and O–H groups in total. The minimum atomic E-state index is -1.46. The van der Waals surface area contributed by atoms with Crippen molar-refractivity contribution in [3.05, 3.63) is 29.8 Å². The number of aliphatic carboxylic acids is 1. The SMILES string of the molecule is CC(NC(=O)C(N)C(C)C)C(=O)NC(CC(N)=O)C(=O)NC(Cc1ccc(O)cc1)C(=O)O. The molecule has 0 fully saturated rings. The minimum absolute atomic E-state index is 0.00513. The Bertz CT molecular complexity index is 872. The van der Waals surface area contributed by atoms with Crippen LogP contribution < -0.4 is 27.4 Å². The summed E-state index contributed by atoms with van der Waals surface area (Å²) in [6, 6.07) is 0.947. The summed E-state index contributed by atoms with van der Waals surface area (Å²) in [5, 5.41) is 25.8. The van der Waals surface area contributed by atoms with E-state index < -0.39 is 60.2 Å². The van der Waals surface area contributed by atoms with Gasteiger partial charge in [0.2, 0.25) is 23.6 Å². The van der Waals surface area contributed by atoms with Crippen LogP contribution in [-0.4, -0.2) is 64.0 Å². The van der Waals surface area contributed by atoms with Crippen LogP contribution in [0.5, 0.6) is 5.75 Å². The molecule has 0 aliphatic carbocycles. The average molecular weight is 466 g/mol. The standard InChI is InChI=1S/C21H31N5O7/c1-10(2)17(23)20(31)24-11(3)18(29)25-14(9-16(22)28)19(30)26-15(21(32)33)8-12-4-6-13(27)7-5-12/h4-7,10-11,14-15,17,27H,8-9,23H2,1-3H3,(H2,22,28)(H,24,31)(H,25,29)(H,26,30)(H,32,33). The topological polar surface area (TPSA) is 214 Å². The van der Waals surface area contributed by atoms with Crippen LogP contribution >= 0.6 is 0 Å². The summed E-state index contributed by atoms with van der Waals surface area (Å²) in [5.41, 5.74) is 11.4. The van der Waals surface area contributed by atoms with Gasteiger partial charge in [0.15, 0.2) is 0 Å². The van der Waals surface area contributed by atoms with Crippen molar-refractivity contribution in [1.29, 1.82) is 0 Å². The van der Waals surface area contributed by atoms with E-state index in [-0.39, 0.29) is 18.1 Å². The van der Waals surface area contributed by atoms with E-state index in [2.05, 4.69) is 16.0 Å². The van der Waals surface area contributed by atoms with Gasteiger partial charge in [-0.25, -0.2) is 4.79 Å². The quantitative estimate of drug-likeness (QED) is 0.189. The van der Waals surface area contributed by atoms with Crippen LogP contribution in [0.4, 0.5) is 0 Å². The van der Waals surface area contributed by atoms with Gasteiger partial charge in [0.1, 0.15) is 23.9 Å². The zero-order valence-corrected chi connectivity index (χ0v) is 18.7. The lowest BCUT2D eigenvalue weighted by Gasteiger charge is -2.23. The van der Waals surface area contributed by atoms with E-state index in [1.807, 2.05) is 0 Å². The highest BCUT2D eigenvalue weighted by Crippen LogP contribution is 2.12. The van der Waals surface area contributed by atoms with Crippen molar-refractivity contribution in [3.8, 4) is 5.75 Å². The van der Waals surface area contributed by atoms with Gasteiger partial charge in [0.25, 0.3) is 0 Å². The van der Waals surface area contributed by atoms with Gasteiger partial charge < -0.3 is 37.6 Å². The van der Waals surface area contributed by atoms with E-state index in [9.17, 15) is 34.2 Å². The number of rotatable bonds is 12. The zero-order valence-electron chi connectivity index (χ0n) is 18.7. The summed E-state index contributed by atoms with van der Waals surface area (Å²) in [4.78, 5) is 60.2. The molecule has 1 rings (SSSR count). The molecule has 4 unspecified atom stereocenters. The van der Waals surface area contributed by atoms with E-state index in [4.69, 9.17) is 11.5 Å². The number of nitrogens with one attached hydrogen (secondary N) is 3. The largest absolute Gasteiger partial charge is 0.508 e. The van der Waals surface area contributed by atoms with Crippen LogP contribution in [0.2, 0.25) is 0 Å². The fourth-order valence-corrected chi connectivity index (χ4v) is 2.73. The van der Waals surface area contributed by atoms with Crippen molar-refractivity contribution in [3.63, 3.8) is 0 Å². The fourth-order valence-electron chi connectivity index (χ4n) is 2.73. The van der Waals surface area contributed by atoms with Crippen molar-refractivity contribution in [2.45, 2.75) is 57.8 Å². The Labute approximate surface area is 191 Å². The Hall–Kier alpha value is -3.67. The molecule has 33 heavy (non-hydrogen) atoms.